The summed E-state index contributed by atoms with van der Waals surface area (Å²) in [7, 11) is -2.68. The number of nitrogens with one attached hydrogen (secondary N) is 1. The molecule has 0 amide bonds. The number of aliphatic imine (C=N–C) groups is 1. The zero-order valence-corrected chi connectivity index (χ0v) is 28.4. The highest BCUT2D eigenvalue weighted by Gasteiger charge is 2.32. The molecule has 0 bridgehead atoms. The number of para-hydroxylation sites is 2. The van der Waals surface area contributed by atoms with Crippen LogP contribution in [0.3, 0.4) is 0 Å². The number of aromatic amines is 1. The van der Waals surface area contributed by atoms with E-state index in [-0.39, 0.29) is 24.5 Å². The lowest BCUT2D eigenvalue weighted by Crippen LogP contribution is -2.18. The molecule has 2 aromatic heterocycles. The lowest BCUT2D eigenvalue weighted by atomic mass is 10.1. The quantitative estimate of drug-likeness (QED) is 0.129. The molecule has 1 aliphatic rings. The molecule has 0 aliphatic carbocycles. The van der Waals surface area contributed by atoms with Crippen LogP contribution >= 0.6 is 7.82 Å². The van der Waals surface area contributed by atoms with Gasteiger partial charge in [-0.25, -0.2) is 9.56 Å². The summed E-state index contributed by atoms with van der Waals surface area (Å²) in [6.07, 6.45) is 3.71. The molecule has 6 aromatic rings. The van der Waals surface area contributed by atoms with E-state index in [2.05, 4.69) is 4.98 Å². The number of phosphoric acid groups is 1. The summed E-state index contributed by atoms with van der Waals surface area (Å²) in [5.74, 6) is 0.198. The zero-order valence-electron chi connectivity index (χ0n) is 27.5. The molecule has 3 heterocycles. The molecule has 0 spiro atoms. The largest absolute Gasteiger partial charge is 0.530 e. The molecule has 0 radical (unpaired) electrons. The molecule has 250 valence electrons. The number of ether oxygens (including phenoxy) is 1. The second kappa shape index (κ2) is 14.4. The van der Waals surface area contributed by atoms with Crippen molar-refractivity contribution in [3.8, 4) is 5.75 Å². The number of phosphoric ester groups is 1. The molecule has 1 N–H and O–H groups in total. The fraction of sp³-hybridized carbons (Fsp3) is 0.100. The van der Waals surface area contributed by atoms with Gasteiger partial charge in [-0.3, -0.25) is 18.4 Å². The second-order valence-electron chi connectivity index (χ2n) is 11.6. The van der Waals surface area contributed by atoms with Crippen LogP contribution in [0.2, 0.25) is 0 Å². The highest BCUT2D eigenvalue weighted by Crippen LogP contribution is 2.51. The van der Waals surface area contributed by atoms with E-state index in [0.29, 0.717) is 28.4 Å². The van der Waals surface area contributed by atoms with Gasteiger partial charge in [-0.05, 0) is 60.5 Å². The van der Waals surface area contributed by atoms with Gasteiger partial charge in [0.15, 0.2) is 0 Å². The van der Waals surface area contributed by atoms with Gasteiger partial charge >= 0.3 is 7.82 Å². The summed E-state index contributed by atoms with van der Waals surface area (Å²) in [6, 6.07) is 38.7. The van der Waals surface area contributed by atoms with Crippen molar-refractivity contribution in [2.75, 3.05) is 7.11 Å². The number of nitrogens with zero attached hydrogens (tertiary/aromatic N) is 2. The number of H-pyrrole nitrogens is 1. The molecule has 1 aliphatic heterocycles. The van der Waals surface area contributed by atoms with Gasteiger partial charge in [-0.15, -0.1) is 0 Å². The molecular formula is C40H34N3O6P. The van der Waals surface area contributed by atoms with Crippen LogP contribution in [0.5, 0.6) is 5.75 Å². The SMILES string of the molecule is COC1=CC(c2cc3ccccc3n2C(=O)c2ccccc2OP(=O)(OCc2ccccc2)OCc2ccccc2)=N/C1=C/c1ccc(C)[nH]1. The Morgan fingerprint density at radius 3 is 2.12 bits per heavy atom. The second-order valence-corrected chi connectivity index (χ2v) is 13.2. The van der Waals surface area contributed by atoms with Gasteiger partial charge in [-0.2, -0.15) is 0 Å². The molecule has 50 heavy (non-hydrogen) atoms. The Balaban J connectivity index is 1.26. The van der Waals surface area contributed by atoms with Crippen LogP contribution in [0.15, 0.2) is 150 Å². The summed E-state index contributed by atoms with van der Waals surface area (Å²) in [4.78, 5) is 22.9. The maximum absolute atomic E-state index is 14.7. The maximum Gasteiger partial charge on any atom is 0.530 e. The highest BCUT2D eigenvalue weighted by molar-refractivity contribution is 7.48. The fourth-order valence-corrected chi connectivity index (χ4v) is 6.84. The monoisotopic (exact) mass is 683 g/mol. The summed E-state index contributed by atoms with van der Waals surface area (Å²) in [5.41, 5.74) is 6.01. The molecule has 0 fully saturated rings. The van der Waals surface area contributed by atoms with Crippen LogP contribution in [-0.4, -0.2) is 28.3 Å². The predicted octanol–water partition coefficient (Wildman–Crippen LogP) is 9.26. The standard InChI is InChI=1S/C40H34N3O6P/c1-28-21-22-32(41-28)24-35-39(46-2)25-34(42-35)37-23-31-17-9-11-19-36(31)43(37)40(44)33-18-10-12-20-38(33)49-50(45,47-26-29-13-5-3-6-14-29)48-27-30-15-7-4-8-16-30/h3-25,41H,26-27H2,1-2H3/b35-24+. The highest BCUT2D eigenvalue weighted by atomic mass is 31.2. The third-order valence-corrected chi connectivity index (χ3v) is 9.41. The Hall–Kier alpha value is -5.73. The molecule has 0 saturated carbocycles. The van der Waals surface area contributed by atoms with Crippen molar-refractivity contribution in [3.05, 3.63) is 179 Å². The number of hydrogen-bond donors (Lipinski definition) is 1. The van der Waals surface area contributed by atoms with E-state index in [0.717, 1.165) is 27.9 Å². The number of carbonyl (C=O) groups is 1. The van der Waals surface area contributed by atoms with Crippen molar-refractivity contribution >= 4 is 36.4 Å². The number of rotatable bonds is 12. The summed E-state index contributed by atoms with van der Waals surface area (Å²) < 4.78 is 39.4. The van der Waals surface area contributed by atoms with Crippen LogP contribution in [0, 0.1) is 6.92 Å². The van der Waals surface area contributed by atoms with Crippen molar-refractivity contribution in [3.63, 3.8) is 0 Å². The number of aromatic nitrogens is 2. The van der Waals surface area contributed by atoms with E-state index in [9.17, 15) is 9.36 Å². The van der Waals surface area contributed by atoms with Crippen molar-refractivity contribution in [1.82, 2.24) is 9.55 Å². The number of carbonyl (C=O) groups excluding carboxylic acids is 1. The topological polar surface area (TPSA) is 104 Å². The average molecular weight is 684 g/mol. The van der Waals surface area contributed by atoms with E-state index in [1.165, 1.54) is 0 Å². The molecular weight excluding hydrogens is 649 g/mol. The van der Waals surface area contributed by atoms with Crippen LogP contribution in [0.1, 0.15) is 38.6 Å². The minimum absolute atomic E-state index is 0.0265. The first-order valence-corrected chi connectivity index (χ1v) is 17.5. The molecule has 7 rings (SSSR count). The molecule has 4 aromatic carbocycles. The Kier molecular flexibility index (Phi) is 9.45. The number of benzene rings is 4. The lowest BCUT2D eigenvalue weighted by Gasteiger charge is -2.20. The van der Waals surface area contributed by atoms with E-state index in [4.69, 9.17) is 23.3 Å². The number of allylic oxidation sites excluding steroid dienone is 1. The van der Waals surface area contributed by atoms with Gasteiger partial charge in [-0.1, -0.05) is 91.0 Å². The maximum atomic E-state index is 14.7. The molecule has 0 atom stereocenters. The first-order valence-electron chi connectivity index (χ1n) is 16.0. The lowest BCUT2D eigenvalue weighted by molar-refractivity contribution is 0.0961. The van der Waals surface area contributed by atoms with Crippen LogP contribution in [0.25, 0.3) is 17.0 Å². The number of methoxy groups -OCH3 is 1. The number of fused-ring (bicyclic) bond motifs is 1. The number of hydrogen-bond acceptors (Lipinski definition) is 7. The van der Waals surface area contributed by atoms with Crippen LogP contribution < -0.4 is 4.52 Å². The fourth-order valence-electron chi connectivity index (χ4n) is 5.64. The average Bonchev–Trinajstić information content (AvgIpc) is 3.87. The minimum atomic E-state index is -4.27. The van der Waals surface area contributed by atoms with Gasteiger partial charge in [0.2, 0.25) is 0 Å². The minimum Gasteiger partial charge on any atom is -0.494 e. The van der Waals surface area contributed by atoms with Gasteiger partial charge in [0.1, 0.15) is 17.2 Å². The molecule has 0 saturated heterocycles. The van der Waals surface area contributed by atoms with E-state index in [1.807, 2.05) is 122 Å². The molecule has 9 nitrogen and oxygen atoms in total. The Morgan fingerprint density at radius 2 is 1.46 bits per heavy atom. The van der Waals surface area contributed by atoms with E-state index < -0.39 is 13.7 Å². The van der Waals surface area contributed by atoms with E-state index in [1.54, 1.807) is 35.9 Å². The van der Waals surface area contributed by atoms with Crippen molar-refractivity contribution < 1.29 is 27.7 Å². The third-order valence-electron chi connectivity index (χ3n) is 8.10. The van der Waals surface area contributed by atoms with Crippen molar-refractivity contribution in [2.45, 2.75) is 20.1 Å². The summed E-state index contributed by atoms with van der Waals surface area (Å²) in [5, 5.41) is 0.838. The van der Waals surface area contributed by atoms with Crippen molar-refractivity contribution in [1.29, 1.82) is 0 Å². The molecule has 0 unspecified atom stereocenters. The Morgan fingerprint density at radius 1 is 0.820 bits per heavy atom. The zero-order chi connectivity index (χ0) is 34.5. The molecule has 10 heteroatoms. The summed E-state index contributed by atoms with van der Waals surface area (Å²) in [6.45, 7) is 1.93. The van der Waals surface area contributed by atoms with Crippen molar-refractivity contribution in [2.24, 2.45) is 4.99 Å². The number of aryl methyl sites for hydroxylation is 1. The predicted molar refractivity (Wildman–Crippen MR) is 194 cm³/mol. The first-order chi connectivity index (χ1) is 24.4. The van der Waals surface area contributed by atoms with Crippen LogP contribution in [-0.2, 0) is 31.6 Å². The van der Waals surface area contributed by atoms with Gasteiger partial charge < -0.3 is 14.2 Å². The van der Waals surface area contributed by atoms with Gasteiger partial charge in [0.05, 0.1) is 42.8 Å². The van der Waals surface area contributed by atoms with E-state index >= 15 is 0 Å². The summed E-state index contributed by atoms with van der Waals surface area (Å²) >= 11 is 0. The normalized spacial score (nSPS) is 13.8. The first kappa shape index (κ1) is 32.8. The van der Waals surface area contributed by atoms with Gasteiger partial charge in [0, 0.05) is 22.9 Å². The Labute approximate surface area is 289 Å². The smallest absolute Gasteiger partial charge is 0.494 e. The van der Waals surface area contributed by atoms with Crippen LogP contribution in [0.4, 0.5) is 0 Å². The Bertz CT molecular complexity index is 2260. The van der Waals surface area contributed by atoms with Gasteiger partial charge in [0.25, 0.3) is 5.91 Å². The third kappa shape index (κ3) is 7.16.